The van der Waals surface area contributed by atoms with Gasteiger partial charge in [-0.15, -0.1) is 0 Å². The van der Waals surface area contributed by atoms with Gasteiger partial charge in [0.1, 0.15) is 5.75 Å². The van der Waals surface area contributed by atoms with Crippen LogP contribution < -0.4 is 10.2 Å². The van der Waals surface area contributed by atoms with Crippen molar-refractivity contribution in [2.45, 2.75) is 32.6 Å². The molecule has 1 fully saturated rings. The first-order valence-corrected chi connectivity index (χ1v) is 7.79. The summed E-state index contributed by atoms with van der Waals surface area (Å²) in [5.74, 6) is 0.628. The molecule has 6 heteroatoms. The smallest absolute Gasteiger partial charge is 0.277 e. The molecule has 1 amide bonds. The van der Waals surface area contributed by atoms with Crippen molar-refractivity contribution in [3.8, 4) is 5.75 Å². The van der Waals surface area contributed by atoms with E-state index in [9.17, 15) is 4.79 Å². The van der Waals surface area contributed by atoms with E-state index in [2.05, 4.69) is 17.5 Å². The van der Waals surface area contributed by atoms with Gasteiger partial charge in [0, 0.05) is 10.7 Å². The van der Waals surface area contributed by atoms with Crippen molar-refractivity contribution in [3.63, 3.8) is 0 Å². The second kappa shape index (κ2) is 7.66. The molecule has 2 rings (SSSR count). The zero-order valence-corrected chi connectivity index (χ0v) is 13.4. The average molecular weight is 329 g/mol. The molecule has 1 N–H and O–H groups in total. The lowest BCUT2D eigenvalue weighted by Gasteiger charge is -2.09. The first-order valence-electron chi connectivity index (χ1n) is 7.03. The highest BCUT2D eigenvalue weighted by Crippen LogP contribution is 2.27. The number of nitrogens with one attached hydrogen (secondary N) is 1. The minimum atomic E-state index is -0.296. The molecule has 0 radical (unpaired) electrons. The molecular formula is C15H18Cl2N2O2. The molecule has 1 aliphatic rings. The van der Waals surface area contributed by atoms with Crippen LogP contribution in [0.15, 0.2) is 23.3 Å². The lowest BCUT2D eigenvalue weighted by Crippen LogP contribution is -2.26. The Labute approximate surface area is 134 Å². The van der Waals surface area contributed by atoms with E-state index in [1.54, 1.807) is 18.2 Å². The zero-order chi connectivity index (χ0) is 15.2. The molecule has 0 saturated heterocycles. The average Bonchev–Trinajstić information content (AvgIpc) is 2.91. The van der Waals surface area contributed by atoms with Crippen LogP contribution in [-0.2, 0) is 4.79 Å². The summed E-state index contributed by atoms with van der Waals surface area (Å²) in [4.78, 5) is 11.7. The Morgan fingerprint density at radius 2 is 2.29 bits per heavy atom. The molecule has 1 atom stereocenters. The van der Waals surface area contributed by atoms with Crippen LogP contribution in [-0.4, -0.2) is 18.2 Å². The number of hydrogen-bond donors (Lipinski definition) is 1. The van der Waals surface area contributed by atoms with Crippen molar-refractivity contribution in [2.75, 3.05) is 6.61 Å². The molecule has 114 valence electrons. The number of hydrazone groups is 1. The fourth-order valence-corrected chi connectivity index (χ4v) is 2.85. The van der Waals surface area contributed by atoms with Crippen molar-refractivity contribution in [2.24, 2.45) is 11.0 Å². The Morgan fingerprint density at radius 3 is 3.00 bits per heavy atom. The van der Waals surface area contributed by atoms with E-state index < -0.39 is 0 Å². The van der Waals surface area contributed by atoms with Crippen LogP contribution >= 0.6 is 23.2 Å². The second-order valence-corrected chi connectivity index (χ2v) is 5.84. The molecule has 4 nitrogen and oxygen atoms in total. The van der Waals surface area contributed by atoms with Crippen LogP contribution in [0.2, 0.25) is 10.0 Å². The number of benzene rings is 1. The Bertz CT molecular complexity index is 546. The summed E-state index contributed by atoms with van der Waals surface area (Å²) in [5, 5.41) is 5.11. The van der Waals surface area contributed by atoms with Gasteiger partial charge >= 0.3 is 0 Å². The number of nitrogens with zero attached hydrogens (tertiary/aromatic N) is 1. The van der Waals surface area contributed by atoms with E-state index in [4.69, 9.17) is 27.9 Å². The van der Waals surface area contributed by atoms with E-state index in [0.717, 1.165) is 31.4 Å². The number of hydrogen-bond acceptors (Lipinski definition) is 3. The van der Waals surface area contributed by atoms with Crippen LogP contribution in [0.3, 0.4) is 0 Å². The van der Waals surface area contributed by atoms with Crippen LogP contribution in [0.25, 0.3) is 0 Å². The lowest BCUT2D eigenvalue weighted by atomic mass is 10.0. The van der Waals surface area contributed by atoms with Gasteiger partial charge in [-0.2, -0.15) is 5.10 Å². The highest BCUT2D eigenvalue weighted by atomic mass is 35.5. The fourth-order valence-electron chi connectivity index (χ4n) is 2.39. The highest BCUT2D eigenvalue weighted by Gasteiger charge is 2.20. The predicted molar refractivity (Wildman–Crippen MR) is 85.2 cm³/mol. The molecule has 1 saturated carbocycles. The maximum absolute atomic E-state index is 11.7. The normalized spacial score (nSPS) is 19.8. The molecule has 1 aromatic rings. The molecule has 1 unspecified atom stereocenters. The molecule has 21 heavy (non-hydrogen) atoms. The molecule has 0 aromatic heterocycles. The zero-order valence-electron chi connectivity index (χ0n) is 11.9. The summed E-state index contributed by atoms with van der Waals surface area (Å²) in [6.07, 6.45) is 4.32. The number of ether oxygens (including phenoxy) is 1. The maximum Gasteiger partial charge on any atom is 0.277 e. The van der Waals surface area contributed by atoms with Crippen LogP contribution in [0.5, 0.6) is 5.75 Å². The van der Waals surface area contributed by atoms with E-state index >= 15 is 0 Å². The van der Waals surface area contributed by atoms with Crippen molar-refractivity contribution in [1.82, 2.24) is 5.43 Å². The molecule has 1 aromatic carbocycles. The van der Waals surface area contributed by atoms with Gasteiger partial charge in [0.2, 0.25) is 0 Å². The summed E-state index contributed by atoms with van der Waals surface area (Å²) in [6, 6.07) is 4.86. The van der Waals surface area contributed by atoms with Crippen molar-refractivity contribution >= 4 is 34.8 Å². The number of amides is 1. The van der Waals surface area contributed by atoms with Crippen molar-refractivity contribution < 1.29 is 9.53 Å². The predicted octanol–water partition coefficient (Wildman–Crippen LogP) is 4.05. The quantitative estimate of drug-likeness (QED) is 0.829. The van der Waals surface area contributed by atoms with Crippen molar-refractivity contribution in [3.05, 3.63) is 28.2 Å². The molecule has 0 heterocycles. The number of halogens is 2. The van der Waals surface area contributed by atoms with Gasteiger partial charge < -0.3 is 4.74 Å². The van der Waals surface area contributed by atoms with E-state index in [1.165, 1.54) is 0 Å². The van der Waals surface area contributed by atoms with Crippen LogP contribution in [0, 0.1) is 5.92 Å². The van der Waals surface area contributed by atoms with Gasteiger partial charge in [-0.1, -0.05) is 30.1 Å². The third-order valence-electron chi connectivity index (χ3n) is 3.53. The summed E-state index contributed by atoms with van der Waals surface area (Å²) >= 11 is 11.8. The Hall–Kier alpha value is -1.26. The van der Waals surface area contributed by atoms with Crippen molar-refractivity contribution in [1.29, 1.82) is 0 Å². The molecule has 0 bridgehead atoms. The number of carbonyl (C=O) groups excluding carboxylic acids is 1. The highest BCUT2D eigenvalue weighted by molar-refractivity contribution is 6.35. The van der Waals surface area contributed by atoms with Crippen LogP contribution in [0.4, 0.5) is 0 Å². The Kier molecular flexibility index (Phi) is 5.88. The summed E-state index contributed by atoms with van der Waals surface area (Å²) in [5.41, 5.74) is 3.62. The van der Waals surface area contributed by atoms with E-state index in [0.29, 0.717) is 21.7 Å². The number of carbonyl (C=O) groups is 1. The summed E-state index contributed by atoms with van der Waals surface area (Å²) in [7, 11) is 0. The van der Waals surface area contributed by atoms with E-state index in [1.807, 2.05) is 0 Å². The monoisotopic (exact) mass is 328 g/mol. The van der Waals surface area contributed by atoms with Gasteiger partial charge in [-0.25, -0.2) is 5.43 Å². The third kappa shape index (κ3) is 4.61. The van der Waals surface area contributed by atoms with Gasteiger partial charge in [0.15, 0.2) is 6.61 Å². The molecule has 1 aliphatic carbocycles. The minimum Gasteiger partial charge on any atom is -0.482 e. The van der Waals surface area contributed by atoms with Gasteiger partial charge in [-0.05, 0) is 49.8 Å². The molecular weight excluding hydrogens is 311 g/mol. The van der Waals surface area contributed by atoms with Gasteiger partial charge in [-0.3, -0.25) is 4.79 Å². The first kappa shape index (κ1) is 16.1. The lowest BCUT2D eigenvalue weighted by molar-refractivity contribution is -0.123. The Balaban J connectivity index is 1.83. The fraction of sp³-hybridized carbons (Fsp3) is 0.467. The summed E-state index contributed by atoms with van der Waals surface area (Å²) in [6.45, 7) is 2.01. The first-order chi connectivity index (χ1) is 10.1. The minimum absolute atomic E-state index is 0.130. The maximum atomic E-state index is 11.7. The summed E-state index contributed by atoms with van der Waals surface area (Å²) < 4.78 is 5.35. The second-order valence-electron chi connectivity index (χ2n) is 5.00. The SMILES string of the molecule is CCC1CCCC1=NNC(=O)COc1ccc(Cl)cc1Cl. The topological polar surface area (TPSA) is 50.7 Å². The van der Waals surface area contributed by atoms with Crippen LogP contribution in [0.1, 0.15) is 32.6 Å². The van der Waals surface area contributed by atoms with Gasteiger partial charge in [0.05, 0.1) is 5.02 Å². The Morgan fingerprint density at radius 1 is 1.48 bits per heavy atom. The largest absolute Gasteiger partial charge is 0.482 e. The van der Waals surface area contributed by atoms with E-state index in [-0.39, 0.29) is 12.5 Å². The molecule has 0 spiro atoms. The molecule has 0 aliphatic heterocycles. The number of rotatable bonds is 5. The standard InChI is InChI=1S/C15H18Cl2N2O2/c1-2-10-4-3-5-13(10)18-19-15(20)9-21-14-7-6-11(16)8-12(14)17/h6-8,10H,2-5,9H2,1H3,(H,19,20). The third-order valence-corrected chi connectivity index (χ3v) is 4.06. The van der Waals surface area contributed by atoms with Gasteiger partial charge in [0.25, 0.3) is 5.91 Å².